The first-order chi connectivity index (χ1) is 9.82. The standard InChI is InChI=1S/C13H17N3O5/c1-14-7-9(10(17)15(2)13(14)21)11(18)16-5-3-8(4-6-16)12(19)20/h7-8H,3-6H2,1-2H3,(H,19,20). The summed E-state index contributed by atoms with van der Waals surface area (Å²) in [5.41, 5.74) is -1.21. The molecule has 1 aromatic heterocycles. The van der Waals surface area contributed by atoms with Crippen molar-refractivity contribution in [3.8, 4) is 0 Å². The van der Waals surface area contributed by atoms with Gasteiger partial charge in [0.25, 0.3) is 11.5 Å². The number of aryl methyl sites for hydroxylation is 1. The molecule has 21 heavy (non-hydrogen) atoms. The molecule has 1 saturated heterocycles. The summed E-state index contributed by atoms with van der Waals surface area (Å²) in [7, 11) is 2.79. The van der Waals surface area contributed by atoms with Gasteiger partial charge >= 0.3 is 11.7 Å². The van der Waals surface area contributed by atoms with Gasteiger partial charge in [0.2, 0.25) is 0 Å². The molecule has 8 heteroatoms. The van der Waals surface area contributed by atoms with Crippen LogP contribution in [0.4, 0.5) is 0 Å². The molecule has 0 radical (unpaired) electrons. The first kappa shape index (κ1) is 15.0. The highest BCUT2D eigenvalue weighted by Crippen LogP contribution is 2.18. The molecular formula is C13H17N3O5. The Morgan fingerprint density at radius 2 is 1.76 bits per heavy atom. The lowest BCUT2D eigenvalue weighted by Gasteiger charge is -2.30. The van der Waals surface area contributed by atoms with Gasteiger partial charge in [0.05, 0.1) is 5.92 Å². The Morgan fingerprint density at radius 3 is 2.29 bits per heavy atom. The fourth-order valence-corrected chi connectivity index (χ4v) is 2.45. The molecule has 1 fully saturated rings. The van der Waals surface area contributed by atoms with Gasteiger partial charge in [-0.3, -0.25) is 19.0 Å². The van der Waals surface area contributed by atoms with Crippen molar-refractivity contribution in [3.63, 3.8) is 0 Å². The predicted molar refractivity (Wildman–Crippen MR) is 73.2 cm³/mol. The molecule has 0 saturated carbocycles. The zero-order valence-electron chi connectivity index (χ0n) is 11.9. The SMILES string of the molecule is Cn1cc(C(=O)N2CCC(C(=O)O)CC2)c(=O)n(C)c1=O. The van der Waals surface area contributed by atoms with Crippen molar-refractivity contribution in [1.82, 2.24) is 14.0 Å². The summed E-state index contributed by atoms with van der Waals surface area (Å²) in [4.78, 5) is 48.3. The van der Waals surface area contributed by atoms with Gasteiger partial charge in [-0.25, -0.2) is 4.79 Å². The number of carbonyl (C=O) groups excluding carboxylic acids is 1. The van der Waals surface area contributed by atoms with Crippen molar-refractivity contribution in [3.05, 3.63) is 32.6 Å². The molecule has 2 rings (SSSR count). The number of rotatable bonds is 2. The highest BCUT2D eigenvalue weighted by Gasteiger charge is 2.29. The first-order valence-electron chi connectivity index (χ1n) is 6.61. The molecule has 0 spiro atoms. The van der Waals surface area contributed by atoms with Crippen molar-refractivity contribution < 1.29 is 14.7 Å². The number of likely N-dealkylation sites (tertiary alicyclic amines) is 1. The summed E-state index contributed by atoms with van der Waals surface area (Å²) in [5.74, 6) is -1.77. The van der Waals surface area contributed by atoms with Crippen LogP contribution in [0, 0.1) is 5.92 Å². The number of amides is 1. The van der Waals surface area contributed by atoms with E-state index in [-0.39, 0.29) is 5.56 Å². The molecule has 1 aromatic rings. The van der Waals surface area contributed by atoms with Gasteiger partial charge in [0.1, 0.15) is 5.56 Å². The summed E-state index contributed by atoms with van der Waals surface area (Å²) in [6.45, 7) is 0.587. The maximum Gasteiger partial charge on any atom is 0.330 e. The van der Waals surface area contributed by atoms with Gasteiger partial charge in [-0.1, -0.05) is 0 Å². The van der Waals surface area contributed by atoms with E-state index in [2.05, 4.69) is 0 Å². The van der Waals surface area contributed by atoms with Gasteiger partial charge in [-0.2, -0.15) is 0 Å². The minimum atomic E-state index is -0.861. The summed E-state index contributed by atoms with van der Waals surface area (Å²) in [5, 5.41) is 8.93. The summed E-state index contributed by atoms with van der Waals surface area (Å²) < 4.78 is 2.07. The number of carbonyl (C=O) groups is 2. The number of piperidine rings is 1. The van der Waals surface area contributed by atoms with Crippen LogP contribution in [0.5, 0.6) is 0 Å². The Bertz CT molecular complexity index is 695. The molecule has 1 aliphatic heterocycles. The van der Waals surface area contributed by atoms with Gasteiger partial charge in [0, 0.05) is 33.4 Å². The van der Waals surface area contributed by atoms with Crippen LogP contribution in [-0.4, -0.2) is 44.1 Å². The molecule has 2 heterocycles. The third-order valence-electron chi connectivity index (χ3n) is 3.81. The van der Waals surface area contributed by atoms with Crippen LogP contribution in [0.3, 0.4) is 0 Å². The summed E-state index contributed by atoms with van der Waals surface area (Å²) >= 11 is 0. The Kier molecular flexibility index (Phi) is 3.97. The van der Waals surface area contributed by atoms with E-state index in [1.807, 2.05) is 0 Å². The highest BCUT2D eigenvalue weighted by atomic mass is 16.4. The van der Waals surface area contributed by atoms with Crippen LogP contribution in [0.15, 0.2) is 15.8 Å². The first-order valence-corrected chi connectivity index (χ1v) is 6.61. The van der Waals surface area contributed by atoms with Gasteiger partial charge in [0.15, 0.2) is 0 Å². The fraction of sp³-hybridized carbons (Fsp3) is 0.538. The summed E-state index contributed by atoms with van der Waals surface area (Å²) in [6, 6.07) is 0. The Morgan fingerprint density at radius 1 is 1.19 bits per heavy atom. The minimum absolute atomic E-state index is 0.0756. The monoisotopic (exact) mass is 295 g/mol. The van der Waals surface area contributed by atoms with Crippen molar-refractivity contribution in [1.29, 1.82) is 0 Å². The smallest absolute Gasteiger partial charge is 0.330 e. The largest absolute Gasteiger partial charge is 0.481 e. The van der Waals surface area contributed by atoms with Gasteiger partial charge < -0.3 is 14.6 Å². The van der Waals surface area contributed by atoms with Crippen LogP contribution in [0.2, 0.25) is 0 Å². The Hall–Kier alpha value is -2.38. The van der Waals surface area contributed by atoms with E-state index in [4.69, 9.17) is 5.11 Å². The van der Waals surface area contributed by atoms with Crippen LogP contribution >= 0.6 is 0 Å². The molecule has 0 aromatic carbocycles. The van der Waals surface area contributed by atoms with Gasteiger partial charge in [-0.15, -0.1) is 0 Å². The normalized spacial score (nSPS) is 16.0. The second-order valence-corrected chi connectivity index (χ2v) is 5.21. The van der Waals surface area contributed by atoms with Crippen molar-refractivity contribution in [2.75, 3.05) is 13.1 Å². The number of aromatic nitrogens is 2. The lowest BCUT2D eigenvalue weighted by atomic mass is 9.97. The number of carboxylic acid groups (broad SMARTS) is 1. The van der Waals surface area contributed by atoms with E-state index >= 15 is 0 Å². The third-order valence-corrected chi connectivity index (χ3v) is 3.81. The molecule has 8 nitrogen and oxygen atoms in total. The quantitative estimate of drug-likeness (QED) is 0.755. The van der Waals surface area contributed by atoms with Crippen LogP contribution in [0.1, 0.15) is 23.2 Å². The van der Waals surface area contributed by atoms with E-state index in [0.717, 1.165) is 4.57 Å². The lowest BCUT2D eigenvalue weighted by molar-refractivity contribution is -0.143. The second kappa shape index (κ2) is 5.55. The molecule has 1 N–H and O–H groups in total. The lowest BCUT2D eigenvalue weighted by Crippen LogP contribution is -2.45. The van der Waals surface area contributed by atoms with Crippen LogP contribution < -0.4 is 11.2 Å². The third kappa shape index (κ3) is 2.74. The minimum Gasteiger partial charge on any atom is -0.481 e. The van der Waals surface area contributed by atoms with E-state index in [1.165, 1.54) is 29.8 Å². The molecular weight excluding hydrogens is 278 g/mol. The van der Waals surface area contributed by atoms with Crippen molar-refractivity contribution >= 4 is 11.9 Å². The van der Waals surface area contributed by atoms with Crippen molar-refractivity contribution in [2.45, 2.75) is 12.8 Å². The molecule has 1 aliphatic rings. The van der Waals surface area contributed by atoms with E-state index < -0.39 is 29.0 Å². The molecule has 1 amide bonds. The average Bonchev–Trinajstić information content (AvgIpc) is 2.48. The topological polar surface area (TPSA) is 102 Å². The van der Waals surface area contributed by atoms with E-state index in [1.54, 1.807) is 0 Å². The maximum absolute atomic E-state index is 12.4. The van der Waals surface area contributed by atoms with Crippen LogP contribution in [-0.2, 0) is 18.9 Å². The van der Waals surface area contributed by atoms with E-state index in [0.29, 0.717) is 25.9 Å². The number of nitrogens with zero attached hydrogens (tertiary/aromatic N) is 3. The zero-order chi connectivity index (χ0) is 15.7. The molecule has 0 bridgehead atoms. The number of hydrogen-bond acceptors (Lipinski definition) is 4. The zero-order valence-corrected chi connectivity index (χ0v) is 11.9. The van der Waals surface area contributed by atoms with E-state index in [9.17, 15) is 19.2 Å². The average molecular weight is 295 g/mol. The number of hydrogen-bond donors (Lipinski definition) is 1. The highest BCUT2D eigenvalue weighted by molar-refractivity contribution is 5.93. The van der Waals surface area contributed by atoms with Crippen LogP contribution in [0.25, 0.3) is 0 Å². The Labute approximate surface area is 120 Å². The maximum atomic E-state index is 12.4. The summed E-state index contributed by atoms with van der Waals surface area (Å²) in [6.07, 6.45) is 1.97. The fourth-order valence-electron chi connectivity index (χ4n) is 2.45. The second-order valence-electron chi connectivity index (χ2n) is 5.21. The number of carboxylic acids is 1. The predicted octanol–water partition coefficient (Wildman–Crippen LogP) is -0.979. The molecule has 0 atom stereocenters. The molecule has 114 valence electrons. The van der Waals surface area contributed by atoms with Gasteiger partial charge in [-0.05, 0) is 12.8 Å². The molecule has 0 unspecified atom stereocenters. The number of aliphatic carboxylic acids is 1. The van der Waals surface area contributed by atoms with Crippen molar-refractivity contribution in [2.24, 2.45) is 20.0 Å². The molecule has 0 aliphatic carbocycles. The Balaban J connectivity index is 2.25.